The van der Waals surface area contributed by atoms with E-state index in [1.165, 1.54) is 48.9 Å². The first-order chi connectivity index (χ1) is 20.3. The van der Waals surface area contributed by atoms with E-state index in [0.29, 0.717) is 11.1 Å². The predicted molar refractivity (Wildman–Crippen MR) is 174 cm³/mol. The number of fused-ring (bicyclic) bond motifs is 3. The summed E-state index contributed by atoms with van der Waals surface area (Å²) >= 11 is 5.91. The Kier molecular flexibility index (Phi) is 5.89. The van der Waals surface area contributed by atoms with Gasteiger partial charge in [0.15, 0.2) is 0 Å². The van der Waals surface area contributed by atoms with Crippen LogP contribution in [0.4, 0.5) is 0 Å². The Morgan fingerprint density at radius 2 is 1.12 bits per heavy atom. The van der Waals surface area contributed by atoms with Gasteiger partial charge in [0.25, 0.3) is 0 Å². The van der Waals surface area contributed by atoms with Gasteiger partial charge < -0.3 is 8.83 Å². The lowest BCUT2D eigenvalue weighted by Gasteiger charge is -2.06. The largest absolute Gasteiger partial charge is 0.461 e. The van der Waals surface area contributed by atoms with E-state index in [9.17, 15) is 9.59 Å². The molecule has 0 fully saturated rings. The zero-order valence-corrected chi connectivity index (χ0v) is 26.3. The van der Waals surface area contributed by atoms with E-state index in [-0.39, 0.29) is 10.2 Å². The van der Waals surface area contributed by atoms with Crippen molar-refractivity contribution in [2.24, 2.45) is 0 Å². The number of thioether (sulfide) groups is 2. The number of furan rings is 2. The zero-order chi connectivity index (χ0) is 28.9. The summed E-state index contributed by atoms with van der Waals surface area (Å²) in [4.78, 5) is 30.3. The topological polar surface area (TPSA) is 60.4 Å². The molecule has 2 aliphatic heterocycles. The van der Waals surface area contributed by atoms with Gasteiger partial charge in [-0.05, 0) is 104 Å². The number of rotatable bonds is 3. The van der Waals surface area contributed by atoms with Crippen LogP contribution in [0, 0.1) is 27.7 Å². The van der Waals surface area contributed by atoms with Crippen LogP contribution >= 0.6 is 46.2 Å². The second-order valence-corrected chi connectivity index (χ2v) is 14.7. The fourth-order valence-electron chi connectivity index (χ4n) is 5.67. The molecule has 0 atom stereocenters. The van der Waals surface area contributed by atoms with Crippen molar-refractivity contribution in [1.29, 1.82) is 0 Å². The summed E-state index contributed by atoms with van der Waals surface area (Å²) < 4.78 is 14.8. The smallest absolute Gasteiger partial charge is 0.225 e. The first kappa shape index (κ1) is 26.1. The third-order valence-corrected chi connectivity index (χ3v) is 12.7. The second-order valence-electron chi connectivity index (χ2n) is 10.6. The highest BCUT2D eigenvalue weighted by Gasteiger charge is 2.36. The van der Waals surface area contributed by atoms with Crippen LogP contribution in [0.5, 0.6) is 0 Å². The molecule has 0 saturated carbocycles. The van der Waals surface area contributed by atoms with Crippen molar-refractivity contribution in [2.75, 3.05) is 0 Å². The zero-order valence-electron chi connectivity index (χ0n) is 23.0. The fraction of sp³-hybridized carbons (Fsp3) is 0.118. The maximum absolute atomic E-state index is 13.2. The van der Waals surface area contributed by atoms with Crippen LogP contribution < -0.4 is 0 Å². The van der Waals surface area contributed by atoms with Crippen molar-refractivity contribution in [3.8, 4) is 32.6 Å². The van der Waals surface area contributed by atoms with Crippen LogP contribution in [0.25, 0.3) is 53.1 Å². The Morgan fingerprint density at radius 3 is 1.74 bits per heavy atom. The van der Waals surface area contributed by atoms with Crippen molar-refractivity contribution in [3.05, 3.63) is 94.2 Å². The Balaban J connectivity index is 1.15. The molecule has 0 aliphatic carbocycles. The molecule has 0 bridgehead atoms. The summed E-state index contributed by atoms with van der Waals surface area (Å²) in [5, 5.41) is -0.159. The highest BCUT2D eigenvalue weighted by atomic mass is 32.2. The monoisotopic (exact) mass is 622 g/mol. The Morgan fingerprint density at radius 1 is 0.571 bits per heavy atom. The molecule has 0 unspecified atom stereocenters. The third-order valence-electron chi connectivity index (χ3n) is 7.78. The van der Waals surface area contributed by atoms with E-state index >= 15 is 0 Å². The highest BCUT2D eigenvalue weighted by Crippen LogP contribution is 2.52. The molecule has 2 aliphatic rings. The average Bonchev–Trinajstić information content (AvgIpc) is 3.79. The van der Waals surface area contributed by atoms with Gasteiger partial charge in [0.2, 0.25) is 10.2 Å². The SMILES string of the molecule is Cc1ccc2c(c1)SC(=O)/C2=C1/C(=O)Sc2cc(-c3ccc(-c4sc5c(C)c(-c6ccc(C)o6)sc5c4C)o3)ccc21. The highest BCUT2D eigenvalue weighted by molar-refractivity contribution is 8.16. The maximum atomic E-state index is 13.2. The van der Waals surface area contributed by atoms with Crippen molar-refractivity contribution < 1.29 is 18.4 Å². The quantitative estimate of drug-likeness (QED) is 0.183. The number of aryl methyl sites for hydroxylation is 4. The molecule has 2 aromatic carbocycles. The van der Waals surface area contributed by atoms with E-state index in [4.69, 9.17) is 8.83 Å². The molecule has 4 nitrogen and oxygen atoms in total. The minimum absolute atomic E-state index is 0.0694. The molecule has 0 spiro atoms. The number of carbonyl (C=O) groups is 2. The van der Waals surface area contributed by atoms with Gasteiger partial charge >= 0.3 is 0 Å². The first-order valence-electron chi connectivity index (χ1n) is 13.4. The normalized spacial score (nSPS) is 16.2. The summed E-state index contributed by atoms with van der Waals surface area (Å²) in [6.07, 6.45) is 0. The lowest BCUT2D eigenvalue weighted by Crippen LogP contribution is -1.99. The van der Waals surface area contributed by atoms with Gasteiger partial charge in [-0.25, -0.2) is 0 Å². The van der Waals surface area contributed by atoms with E-state index in [2.05, 4.69) is 13.8 Å². The summed E-state index contributed by atoms with van der Waals surface area (Å²) in [5.74, 6) is 3.41. The van der Waals surface area contributed by atoms with Gasteiger partial charge in [-0.15, -0.1) is 22.7 Å². The van der Waals surface area contributed by atoms with Gasteiger partial charge in [0, 0.05) is 47.0 Å². The standard InChI is InChI=1S/C34H22O4S4/c1-15-5-8-20-25(13-15)39-33(35)27(20)28-21-9-7-19(14-26(21)40-34(28)36)22-11-12-24(38-22)30-18(4)32-31(42-30)17(3)29(41-32)23-10-6-16(2)37-23/h5-14H,1-4H3/b28-27+. The molecule has 6 aromatic rings. The Labute approximate surface area is 258 Å². The van der Waals surface area contributed by atoms with Crippen molar-refractivity contribution in [3.63, 3.8) is 0 Å². The van der Waals surface area contributed by atoms with Gasteiger partial charge in [-0.3, -0.25) is 9.59 Å². The molecule has 206 valence electrons. The molecular formula is C34H22O4S4. The molecule has 8 rings (SSSR count). The molecule has 0 amide bonds. The van der Waals surface area contributed by atoms with Gasteiger partial charge in [-0.1, -0.05) is 24.3 Å². The summed E-state index contributed by atoms with van der Waals surface area (Å²) in [7, 11) is 0. The lowest BCUT2D eigenvalue weighted by atomic mass is 9.95. The Bertz CT molecular complexity index is 2180. The van der Waals surface area contributed by atoms with E-state index < -0.39 is 0 Å². The first-order valence-corrected chi connectivity index (χ1v) is 16.7. The van der Waals surface area contributed by atoms with Crippen molar-refractivity contribution in [2.45, 2.75) is 37.5 Å². The van der Waals surface area contributed by atoms with Crippen LogP contribution in [-0.2, 0) is 9.59 Å². The van der Waals surface area contributed by atoms with E-state index in [1.54, 1.807) is 22.7 Å². The minimum atomic E-state index is -0.0895. The van der Waals surface area contributed by atoms with Crippen LogP contribution in [-0.4, -0.2) is 10.2 Å². The van der Waals surface area contributed by atoms with E-state index in [1.807, 2.05) is 74.5 Å². The van der Waals surface area contributed by atoms with Crippen molar-refractivity contribution >= 4 is 77.0 Å². The lowest BCUT2D eigenvalue weighted by molar-refractivity contribution is -0.107. The molecule has 0 saturated heterocycles. The van der Waals surface area contributed by atoms with Crippen molar-refractivity contribution in [1.82, 2.24) is 0 Å². The number of hydrogen-bond donors (Lipinski definition) is 0. The number of benzene rings is 2. The molecular weight excluding hydrogens is 601 g/mol. The number of hydrogen-bond acceptors (Lipinski definition) is 8. The van der Waals surface area contributed by atoms with Gasteiger partial charge in [0.1, 0.15) is 23.0 Å². The molecule has 4 aromatic heterocycles. The average molecular weight is 623 g/mol. The number of carbonyl (C=O) groups excluding carboxylic acids is 2. The maximum Gasteiger partial charge on any atom is 0.225 e. The third kappa shape index (κ3) is 3.89. The second kappa shape index (κ2) is 9.47. The molecule has 0 N–H and O–H groups in total. The van der Waals surface area contributed by atoms with Crippen LogP contribution in [0.15, 0.2) is 79.3 Å². The van der Waals surface area contributed by atoms with E-state index in [0.717, 1.165) is 60.0 Å². The molecule has 42 heavy (non-hydrogen) atoms. The van der Waals surface area contributed by atoms with Crippen LogP contribution in [0.3, 0.4) is 0 Å². The summed E-state index contributed by atoms with van der Waals surface area (Å²) in [6, 6.07) is 19.9. The summed E-state index contributed by atoms with van der Waals surface area (Å²) in [5.41, 5.74) is 7.13. The minimum Gasteiger partial charge on any atom is -0.461 e. The van der Waals surface area contributed by atoms with Gasteiger partial charge in [0.05, 0.1) is 9.75 Å². The number of thiophene rings is 2. The molecule has 8 heteroatoms. The predicted octanol–water partition coefficient (Wildman–Crippen LogP) is 10.6. The fourth-order valence-corrected chi connectivity index (χ4v) is 10.4. The van der Waals surface area contributed by atoms with Gasteiger partial charge in [-0.2, -0.15) is 0 Å². The van der Waals surface area contributed by atoms with Crippen LogP contribution in [0.2, 0.25) is 0 Å². The summed E-state index contributed by atoms with van der Waals surface area (Å²) in [6.45, 7) is 8.28. The van der Waals surface area contributed by atoms with Crippen LogP contribution in [0.1, 0.15) is 33.6 Å². The Hall–Kier alpha value is -3.56. The molecule has 6 heterocycles. The molecule has 0 radical (unpaired) electrons.